The van der Waals surface area contributed by atoms with E-state index in [9.17, 15) is 14.4 Å². The maximum absolute atomic E-state index is 12.7. The number of nitrogens with one attached hydrogen (secondary N) is 4. The third-order valence-electron chi connectivity index (χ3n) is 6.03. The molecule has 8 nitrogen and oxygen atoms in total. The van der Waals surface area contributed by atoms with Crippen molar-refractivity contribution in [1.29, 1.82) is 0 Å². The Morgan fingerprint density at radius 1 is 0.879 bits per heavy atom. The van der Waals surface area contributed by atoms with Gasteiger partial charge in [0.2, 0.25) is 5.91 Å². The third kappa shape index (κ3) is 6.25. The van der Waals surface area contributed by atoms with Gasteiger partial charge in [-0.3, -0.25) is 4.79 Å². The number of urea groups is 2. The summed E-state index contributed by atoms with van der Waals surface area (Å²) in [5.41, 5.74) is 4.13. The van der Waals surface area contributed by atoms with E-state index in [-0.39, 0.29) is 23.9 Å². The van der Waals surface area contributed by atoms with Gasteiger partial charge in [-0.1, -0.05) is 17.7 Å². The Morgan fingerprint density at radius 2 is 1.58 bits per heavy atom. The van der Waals surface area contributed by atoms with Crippen LogP contribution in [-0.4, -0.2) is 42.0 Å². The summed E-state index contributed by atoms with van der Waals surface area (Å²) in [5, 5.41) is 11.6. The fraction of sp³-hybridized carbons (Fsp3) is 0.400. The zero-order valence-electron chi connectivity index (χ0n) is 19.1. The van der Waals surface area contributed by atoms with Crippen LogP contribution in [0.25, 0.3) is 0 Å². The van der Waals surface area contributed by atoms with Gasteiger partial charge in [-0.05, 0) is 75.4 Å². The van der Waals surface area contributed by atoms with Crippen molar-refractivity contribution in [3.05, 3.63) is 53.6 Å². The highest BCUT2D eigenvalue weighted by Gasteiger charge is 2.31. The van der Waals surface area contributed by atoms with Crippen LogP contribution in [0.1, 0.15) is 36.8 Å². The molecule has 1 saturated heterocycles. The SMILES string of the molecule is Cc1ccc(NC(=O)Nc2ccc(NC(=O)N3CCC[C@@H](C(=O)NC4CC4)C3)cc2)c(C)c1. The number of benzene rings is 2. The summed E-state index contributed by atoms with van der Waals surface area (Å²) >= 11 is 0. The lowest BCUT2D eigenvalue weighted by molar-refractivity contribution is -0.126. The Labute approximate surface area is 194 Å². The van der Waals surface area contributed by atoms with Crippen LogP contribution in [0.2, 0.25) is 0 Å². The molecule has 174 valence electrons. The molecule has 1 atom stereocenters. The molecule has 0 radical (unpaired) electrons. The zero-order valence-corrected chi connectivity index (χ0v) is 19.1. The zero-order chi connectivity index (χ0) is 23.4. The molecule has 33 heavy (non-hydrogen) atoms. The minimum absolute atomic E-state index is 0.0598. The number of aryl methyl sites for hydroxylation is 2. The van der Waals surface area contributed by atoms with E-state index in [4.69, 9.17) is 0 Å². The highest BCUT2D eigenvalue weighted by Crippen LogP contribution is 2.23. The molecule has 1 saturated carbocycles. The molecule has 8 heteroatoms. The molecule has 1 aliphatic heterocycles. The van der Waals surface area contributed by atoms with Crippen molar-refractivity contribution < 1.29 is 14.4 Å². The van der Waals surface area contributed by atoms with Gasteiger partial charge in [-0.25, -0.2) is 9.59 Å². The van der Waals surface area contributed by atoms with Crippen LogP contribution >= 0.6 is 0 Å². The first kappa shape index (κ1) is 22.6. The Hall–Kier alpha value is -3.55. The van der Waals surface area contributed by atoms with Crippen molar-refractivity contribution in [2.24, 2.45) is 5.92 Å². The van der Waals surface area contributed by atoms with Crippen LogP contribution in [0.15, 0.2) is 42.5 Å². The van der Waals surface area contributed by atoms with Gasteiger partial charge in [0.25, 0.3) is 0 Å². The van der Waals surface area contributed by atoms with Gasteiger partial charge in [0, 0.05) is 36.2 Å². The topological polar surface area (TPSA) is 103 Å². The standard InChI is InChI=1S/C25H31N5O3/c1-16-5-12-22(17(2)14-16)29-24(32)27-20-8-10-21(11-9-20)28-25(33)30-13-3-4-18(15-30)23(31)26-19-6-7-19/h5,8-12,14,18-19H,3-4,6-7,13,15H2,1-2H3,(H,26,31)(H,28,33)(H2,27,29,32)/t18-/m1/s1. The first-order valence-electron chi connectivity index (χ1n) is 11.5. The van der Waals surface area contributed by atoms with Crippen molar-refractivity contribution in [2.45, 2.75) is 45.6 Å². The van der Waals surface area contributed by atoms with Crippen molar-refractivity contribution in [1.82, 2.24) is 10.2 Å². The number of carbonyl (C=O) groups excluding carboxylic acids is 3. The van der Waals surface area contributed by atoms with E-state index in [2.05, 4.69) is 21.3 Å². The van der Waals surface area contributed by atoms with Crippen LogP contribution in [0.5, 0.6) is 0 Å². The van der Waals surface area contributed by atoms with E-state index in [0.29, 0.717) is 30.5 Å². The summed E-state index contributed by atoms with van der Waals surface area (Å²) in [6, 6.07) is 12.6. The summed E-state index contributed by atoms with van der Waals surface area (Å²) in [4.78, 5) is 39.0. The number of likely N-dealkylation sites (tertiary alicyclic amines) is 1. The van der Waals surface area contributed by atoms with Crippen molar-refractivity contribution in [2.75, 3.05) is 29.0 Å². The number of carbonyl (C=O) groups is 3. The van der Waals surface area contributed by atoms with Crippen molar-refractivity contribution >= 4 is 35.0 Å². The number of hydrogen-bond donors (Lipinski definition) is 4. The molecular weight excluding hydrogens is 418 g/mol. The number of piperidine rings is 1. The van der Waals surface area contributed by atoms with Gasteiger partial charge in [-0.2, -0.15) is 0 Å². The summed E-state index contributed by atoms with van der Waals surface area (Å²) in [7, 11) is 0. The smallest absolute Gasteiger partial charge is 0.323 e. The highest BCUT2D eigenvalue weighted by molar-refractivity contribution is 6.00. The van der Waals surface area contributed by atoms with Crippen LogP contribution in [0.3, 0.4) is 0 Å². The second-order valence-corrected chi connectivity index (χ2v) is 8.97. The molecule has 0 unspecified atom stereocenters. The van der Waals surface area contributed by atoms with Crippen LogP contribution < -0.4 is 21.3 Å². The van der Waals surface area contributed by atoms with Gasteiger partial charge >= 0.3 is 12.1 Å². The van der Waals surface area contributed by atoms with Crippen LogP contribution in [0, 0.1) is 19.8 Å². The van der Waals surface area contributed by atoms with E-state index in [1.54, 1.807) is 29.2 Å². The Balaban J connectivity index is 1.27. The molecule has 5 amide bonds. The largest absolute Gasteiger partial charge is 0.353 e. The second-order valence-electron chi connectivity index (χ2n) is 8.97. The van der Waals surface area contributed by atoms with Crippen LogP contribution in [-0.2, 0) is 4.79 Å². The lowest BCUT2D eigenvalue weighted by atomic mass is 9.97. The summed E-state index contributed by atoms with van der Waals surface area (Å²) in [5.74, 6) is -0.0862. The fourth-order valence-corrected chi connectivity index (χ4v) is 4.00. The van der Waals surface area contributed by atoms with Gasteiger partial charge in [0.1, 0.15) is 0 Å². The van der Waals surface area contributed by atoms with E-state index >= 15 is 0 Å². The molecule has 2 aromatic carbocycles. The van der Waals surface area contributed by atoms with E-state index in [0.717, 1.165) is 42.5 Å². The first-order chi connectivity index (χ1) is 15.9. The number of rotatable bonds is 5. The average molecular weight is 450 g/mol. The number of nitrogens with zero attached hydrogens (tertiary/aromatic N) is 1. The number of hydrogen-bond acceptors (Lipinski definition) is 3. The number of anilines is 3. The maximum atomic E-state index is 12.7. The monoisotopic (exact) mass is 449 g/mol. The normalized spacial score (nSPS) is 17.8. The summed E-state index contributed by atoms with van der Waals surface area (Å²) in [6.07, 6.45) is 3.74. The molecule has 0 aromatic heterocycles. The molecule has 4 N–H and O–H groups in total. The van der Waals surface area contributed by atoms with Crippen molar-refractivity contribution in [3.8, 4) is 0 Å². The Morgan fingerprint density at radius 3 is 2.24 bits per heavy atom. The molecule has 2 aliphatic rings. The number of amides is 5. The lowest BCUT2D eigenvalue weighted by Crippen LogP contribution is -2.47. The summed E-state index contributed by atoms with van der Waals surface area (Å²) in [6.45, 7) is 5.02. The molecule has 1 aliphatic carbocycles. The summed E-state index contributed by atoms with van der Waals surface area (Å²) < 4.78 is 0. The fourth-order valence-electron chi connectivity index (χ4n) is 4.00. The van der Waals surface area contributed by atoms with E-state index in [1.807, 2.05) is 32.0 Å². The predicted octanol–water partition coefficient (Wildman–Crippen LogP) is 4.47. The van der Waals surface area contributed by atoms with E-state index in [1.165, 1.54) is 0 Å². The van der Waals surface area contributed by atoms with Gasteiger partial charge in [0.15, 0.2) is 0 Å². The molecule has 4 rings (SSSR count). The predicted molar refractivity (Wildman–Crippen MR) is 129 cm³/mol. The minimum atomic E-state index is -0.331. The molecule has 2 aromatic rings. The molecule has 0 bridgehead atoms. The maximum Gasteiger partial charge on any atom is 0.323 e. The van der Waals surface area contributed by atoms with Gasteiger partial charge < -0.3 is 26.2 Å². The average Bonchev–Trinajstić information content (AvgIpc) is 3.61. The quantitative estimate of drug-likeness (QED) is 0.542. The molecule has 0 spiro atoms. The Bertz CT molecular complexity index is 1030. The lowest BCUT2D eigenvalue weighted by Gasteiger charge is -2.32. The van der Waals surface area contributed by atoms with Gasteiger partial charge in [-0.15, -0.1) is 0 Å². The van der Waals surface area contributed by atoms with Crippen LogP contribution in [0.4, 0.5) is 26.7 Å². The molecular formula is C25H31N5O3. The second kappa shape index (κ2) is 9.94. The molecule has 1 heterocycles. The first-order valence-corrected chi connectivity index (χ1v) is 11.5. The van der Waals surface area contributed by atoms with Gasteiger partial charge in [0.05, 0.1) is 5.92 Å². The highest BCUT2D eigenvalue weighted by atomic mass is 16.2. The Kier molecular flexibility index (Phi) is 6.82. The minimum Gasteiger partial charge on any atom is -0.353 e. The van der Waals surface area contributed by atoms with E-state index < -0.39 is 0 Å². The third-order valence-corrected chi connectivity index (χ3v) is 6.03. The van der Waals surface area contributed by atoms with Crippen molar-refractivity contribution in [3.63, 3.8) is 0 Å². The molecule has 2 fully saturated rings.